The van der Waals surface area contributed by atoms with Crippen molar-refractivity contribution in [2.24, 2.45) is 11.8 Å². The van der Waals surface area contributed by atoms with Crippen LogP contribution in [0.3, 0.4) is 0 Å². The third-order valence-corrected chi connectivity index (χ3v) is 5.33. The molecule has 0 aromatic heterocycles. The van der Waals surface area contributed by atoms with Crippen molar-refractivity contribution >= 4 is 23.7 Å². The third kappa shape index (κ3) is 2.59. The predicted molar refractivity (Wildman–Crippen MR) is 85.0 cm³/mol. The van der Waals surface area contributed by atoms with Crippen molar-refractivity contribution in [3.05, 3.63) is 35.4 Å². The number of hydrogen-bond acceptors (Lipinski definition) is 5. The zero-order valence-corrected chi connectivity index (χ0v) is 13.6. The molecule has 1 saturated carbocycles. The van der Waals surface area contributed by atoms with Gasteiger partial charge < -0.3 is 10.2 Å². The quantitative estimate of drug-likeness (QED) is 0.821. The first-order valence-electron chi connectivity index (χ1n) is 8.55. The molecule has 1 aromatic carbocycles. The van der Waals surface area contributed by atoms with Gasteiger partial charge in [-0.05, 0) is 30.9 Å². The number of carbonyl (C=O) groups is 4. The average Bonchev–Trinajstić information content (AvgIpc) is 2.86. The second kappa shape index (κ2) is 5.98. The Morgan fingerprint density at radius 2 is 1.68 bits per heavy atom. The minimum atomic E-state index is -0.679. The smallest absolute Gasteiger partial charge is 0.337 e. The van der Waals surface area contributed by atoms with Crippen LogP contribution in [0.15, 0.2) is 24.3 Å². The lowest BCUT2D eigenvalue weighted by atomic mass is 9.72. The molecule has 2 heterocycles. The van der Waals surface area contributed by atoms with Crippen LogP contribution >= 0.6 is 0 Å². The van der Waals surface area contributed by atoms with Crippen LogP contribution in [0, 0.1) is 11.8 Å². The maximum atomic E-state index is 12.6. The summed E-state index contributed by atoms with van der Waals surface area (Å²) < 4.78 is 0. The molecule has 1 aliphatic carbocycles. The fourth-order valence-electron chi connectivity index (χ4n) is 4.10. The number of imide groups is 1. The van der Waals surface area contributed by atoms with Gasteiger partial charge in [-0.3, -0.25) is 14.4 Å². The van der Waals surface area contributed by atoms with Gasteiger partial charge in [0, 0.05) is 12.5 Å². The summed E-state index contributed by atoms with van der Waals surface area (Å²) in [7, 11) is 0. The second-order valence-corrected chi connectivity index (χ2v) is 6.79. The molecule has 3 aliphatic rings. The van der Waals surface area contributed by atoms with E-state index < -0.39 is 23.7 Å². The van der Waals surface area contributed by atoms with E-state index in [-0.39, 0.29) is 35.4 Å². The van der Waals surface area contributed by atoms with Crippen molar-refractivity contribution in [3.63, 3.8) is 0 Å². The van der Waals surface area contributed by atoms with Gasteiger partial charge in [0.2, 0.25) is 5.91 Å². The largest absolute Gasteiger partial charge is 0.353 e. The summed E-state index contributed by atoms with van der Waals surface area (Å²) >= 11 is 0. The minimum absolute atomic E-state index is 0.00543. The van der Waals surface area contributed by atoms with Gasteiger partial charge in [0.15, 0.2) is 0 Å². The monoisotopic (exact) mass is 342 g/mol. The molecule has 3 unspecified atom stereocenters. The molecule has 7 nitrogen and oxygen atoms in total. The molecule has 7 heteroatoms. The number of hydroxylamine groups is 2. The highest BCUT2D eigenvalue weighted by atomic mass is 16.7. The average molecular weight is 342 g/mol. The SMILES string of the molecule is O=C1CC(C(=O)ON2C(=O)c3ccccc3C2=O)C2CCCCC2N1. The Morgan fingerprint density at radius 1 is 1.04 bits per heavy atom. The predicted octanol–water partition coefficient (Wildman–Crippen LogP) is 1.44. The standard InChI is InChI=1S/C18H18N2O5/c21-15-9-13(10-5-3-4-8-14(10)19-15)18(24)25-20-16(22)11-6-1-2-7-12(11)17(20)23/h1-2,6-7,10,13-14H,3-5,8-9H2,(H,19,21). The van der Waals surface area contributed by atoms with Crippen molar-refractivity contribution in [2.45, 2.75) is 38.1 Å². The second-order valence-electron chi connectivity index (χ2n) is 6.79. The Kier molecular flexibility index (Phi) is 3.78. The topological polar surface area (TPSA) is 92.8 Å². The molecule has 3 amide bonds. The van der Waals surface area contributed by atoms with Crippen LogP contribution < -0.4 is 5.32 Å². The molecule has 2 fully saturated rings. The summed E-state index contributed by atoms with van der Waals surface area (Å²) in [4.78, 5) is 54.4. The van der Waals surface area contributed by atoms with Gasteiger partial charge in [-0.25, -0.2) is 4.79 Å². The number of nitrogens with zero attached hydrogens (tertiary/aromatic N) is 1. The van der Waals surface area contributed by atoms with E-state index in [1.54, 1.807) is 12.1 Å². The lowest BCUT2D eigenvalue weighted by Gasteiger charge is -2.40. The van der Waals surface area contributed by atoms with Crippen molar-refractivity contribution in [1.82, 2.24) is 10.4 Å². The number of nitrogens with one attached hydrogen (secondary N) is 1. The molecule has 0 spiro atoms. The van der Waals surface area contributed by atoms with Crippen LogP contribution in [-0.4, -0.2) is 34.8 Å². The van der Waals surface area contributed by atoms with Gasteiger partial charge in [-0.1, -0.05) is 30.0 Å². The van der Waals surface area contributed by atoms with E-state index in [1.807, 2.05) is 0 Å². The molecule has 130 valence electrons. The first kappa shape index (κ1) is 15.8. The van der Waals surface area contributed by atoms with Gasteiger partial charge >= 0.3 is 5.97 Å². The number of rotatable bonds is 2. The number of fused-ring (bicyclic) bond motifs is 2. The fourth-order valence-corrected chi connectivity index (χ4v) is 4.10. The number of benzene rings is 1. The molecule has 0 bridgehead atoms. The molecule has 0 radical (unpaired) electrons. The Morgan fingerprint density at radius 3 is 2.36 bits per heavy atom. The van der Waals surface area contributed by atoms with Gasteiger partial charge in [-0.15, -0.1) is 0 Å². The van der Waals surface area contributed by atoms with Crippen LogP contribution in [0.2, 0.25) is 0 Å². The van der Waals surface area contributed by atoms with Crippen LogP contribution in [-0.2, 0) is 14.4 Å². The van der Waals surface area contributed by atoms with Gasteiger partial charge in [-0.2, -0.15) is 0 Å². The van der Waals surface area contributed by atoms with E-state index >= 15 is 0 Å². The van der Waals surface area contributed by atoms with E-state index in [9.17, 15) is 19.2 Å². The van der Waals surface area contributed by atoms with E-state index in [1.165, 1.54) is 12.1 Å². The van der Waals surface area contributed by atoms with Crippen LogP contribution in [0.4, 0.5) is 0 Å². The summed E-state index contributed by atoms with van der Waals surface area (Å²) in [6, 6.07) is 6.30. The van der Waals surface area contributed by atoms with Gasteiger partial charge in [0.25, 0.3) is 11.8 Å². The van der Waals surface area contributed by atoms with Crippen LogP contribution in [0.25, 0.3) is 0 Å². The molecular weight excluding hydrogens is 324 g/mol. The maximum absolute atomic E-state index is 12.6. The molecule has 1 saturated heterocycles. The zero-order chi connectivity index (χ0) is 17.6. The normalized spacial score (nSPS) is 28.2. The van der Waals surface area contributed by atoms with Crippen molar-refractivity contribution in [3.8, 4) is 0 Å². The third-order valence-electron chi connectivity index (χ3n) is 5.33. The van der Waals surface area contributed by atoms with Crippen molar-refractivity contribution < 1.29 is 24.0 Å². The Hall–Kier alpha value is -2.70. The first-order chi connectivity index (χ1) is 12.1. The van der Waals surface area contributed by atoms with Crippen molar-refractivity contribution in [2.75, 3.05) is 0 Å². The highest BCUT2D eigenvalue weighted by Crippen LogP contribution is 2.36. The van der Waals surface area contributed by atoms with E-state index in [0.29, 0.717) is 5.06 Å². The highest BCUT2D eigenvalue weighted by molar-refractivity contribution is 6.20. The highest BCUT2D eigenvalue weighted by Gasteiger charge is 2.45. The summed E-state index contributed by atoms with van der Waals surface area (Å²) in [5, 5.41) is 3.46. The first-order valence-corrected chi connectivity index (χ1v) is 8.55. The minimum Gasteiger partial charge on any atom is -0.353 e. The fraction of sp³-hybridized carbons (Fsp3) is 0.444. The Balaban J connectivity index is 1.53. The molecule has 1 N–H and O–H groups in total. The van der Waals surface area contributed by atoms with Gasteiger partial charge in [0.05, 0.1) is 17.0 Å². The van der Waals surface area contributed by atoms with E-state index in [2.05, 4.69) is 5.32 Å². The molecule has 3 atom stereocenters. The zero-order valence-electron chi connectivity index (χ0n) is 13.6. The number of hydrogen-bond donors (Lipinski definition) is 1. The summed E-state index contributed by atoms with van der Waals surface area (Å²) in [5.41, 5.74) is 0.439. The van der Waals surface area contributed by atoms with E-state index in [4.69, 9.17) is 4.84 Å². The van der Waals surface area contributed by atoms with Gasteiger partial charge in [0.1, 0.15) is 0 Å². The maximum Gasteiger partial charge on any atom is 0.337 e. The summed E-state index contributed by atoms with van der Waals surface area (Å²) in [5.74, 6) is -2.78. The lowest BCUT2D eigenvalue weighted by molar-refractivity contribution is -0.179. The van der Waals surface area contributed by atoms with Crippen LogP contribution in [0.5, 0.6) is 0 Å². The molecule has 1 aromatic rings. The van der Waals surface area contributed by atoms with E-state index in [0.717, 1.165) is 25.7 Å². The molecule has 25 heavy (non-hydrogen) atoms. The lowest BCUT2D eigenvalue weighted by Crippen LogP contribution is -2.53. The molecule has 4 rings (SSSR count). The Labute approximate surface area is 144 Å². The summed E-state index contributed by atoms with van der Waals surface area (Å²) in [6.45, 7) is 0. The number of amides is 3. The Bertz CT molecular complexity index is 739. The molecular formula is C18H18N2O5. The summed E-state index contributed by atoms with van der Waals surface area (Å²) in [6.07, 6.45) is 3.71. The van der Waals surface area contributed by atoms with Crippen molar-refractivity contribution in [1.29, 1.82) is 0 Å². The van der Waals surface area contributed by atoms with Crippen LogP contribution in [0.1, 0.15) is 52.8 Å². The number of piperidine rings is 1. The number of carbonyl (C=O) groups excluding carboxylic acids is 4. The molecule has 2 aliphatic heterocycles.